The van der Waals surface area contributed by atoms with Crippen molar-refractivity contribution in [1.29, 1.82) is 0 Å². The maximum atomic E-state index is 4.46. The second-order valence-electron chi connectivity index (χ2n) is 6.84. The van der Waals surface area contributed by atoms with E-state index in [1.807, 2.05) is 13.2 Å². The first-order chi connectivity index (χ1) is 12.6. The van der Waals surface area contributed by atoms with Gasteiger partial charge in [-0.2, -0.15) is 0 Å². The van der Waals surface area contributed by atoms with Gasteiger partial charge < -0.3 is 10.2 Å². The first kappa shape index (κ1) is 18.9. The van der Waals surface area contributed by atoms with Gasteiger partial charge in [0.25, 0.3) is 0 Å². The Labute approximate surface area is 160 Å². The molecule has 1 aliphatic rings. The van der Waals surface area contributed by atoms with E-state index in [2.05, 4.69) is 63.2 Å². The molecule has 1 fully saturated rings. The number of aryl methyl sites for hydroxylation is 2. The predicted octanol–water partition coefficient (Wildman–Crippen LogP) is 2.70. The summed E-state index contributed by atoms with van der Waals surface area (Å²) in [5.41, 5.74) is 2.74. The predicted molar refractivity (Wildman–Crippen MR) is 110 cm³/mol. The fourth-order valence-electron chi connectivity index (χ4n) is 3.32. The number of piperazine rings is 1. The van der Waals surface area contributed by atoms with E-state index in [1.54, 1.807) is 11.3 Å². The van der Waals surface area contributed by atoms with Crippen LogP contribution in [0.25, 0.3) is 0 Å². The van der Waals surface area contributed by atoms with Crippen molar-refractivity contribution in [2.75, 3.05) is 39.8 Å². The molecule has 0 spiro atoms. The largest absolute Gasteiger partial charge is 0.356 e. The van der Waals surface area contributed by atoms with Crippen LogP contribution in [0.15, 0.2) is 35.5 Å². The highest BCUT2D eigenvalue weighted by Gasteiger charge is 2.19. The number of aliphatic imine (C=N–C) groups is 1. The molecule has 0 atom stereocenters. The normalized spacial score (nSPS) is 16.1. The van der Waals surface area contributed by atoms with Crippen molar-refractivity contribution in [3.05, 3.63) is 51.5 Å². The van der Waals surface area contributed by atoms with Crippen LogP contribution in [0.2, 0.25) is 0 Å². The number of guanidine groups is 1. The maximum absolute atomic E-state index is 4.46. The monoisotopic (exact) mass is 371 g/mol. The third-order valence-electron chi connectivity index (χ3n) is 4.66. The molecule has 2 aromatic rings. The number of nitrogens with zero attached hydrogens (tertiary/aromatic N) is 4. The van der Waals surface area contributed by atoms with Gasteiger partial charge in [-0.15, -0.1) is 11.3 Å². The number of thiazole rings is 1. The SMILES string of the molecule is CN=C(NCCc1ncc(C)s1)N1CCN(Cc2cccc(C)c2)CC1. The summed E-state index contributed by atoms with van der Waals surface area (Å²) >= 11 is 1.77. The van der Waals surface area contributed by atoms with Crippen molar-refractivity contribution >= 4 is 17.3 Å². The van der Waals surface area contributed by atoms with Crippen LogP contribution in [-0.4, -0.2) is 60.5 Å². The third-order valence-corrected chi connectivity index (χ3v) is 5.64. The quantitative estimate of drug-likeness (QED) is 0.648. The van der Waals surface area contributed by atoms with Crippen LogP contribution in [0.3, 0.4) is 0 Å². The molecule has 0 unspecified atom stereocenters. The lowest BCUT2D eigenvalue weighted by Crippen LogP contribution is -2.52. The Bertz CT molecular complexity index is 731. The lowest BCUT2D eigenvalue weighted by molar-refractivity contribution is 0.172. The van der Waals surface area contributed by atoms with Crippen LogP contribution < -0.4 is 5.32 Å². The van der Waals surface area contributed by atoms with Gasteiger partial charge in [-0.3, -0.25) is 9.89 Å². The summed E-state index contributed by atoms with van der Waals surface area (Å²) < 4.78 is 0. The molecule has 0 radical (unpaired) electrons. The van der Waals surface area contributed by atoms with E-state index in [0.717, 1.165) is 51.6 Å². The third kappa shape index (κ3) is 5.29. The molecule has 140 valence electrons. The number of aromatic nitrogens is 1. The first-order valence-corrected chi connectivity index (χ1v) is 10.1. The molecule has 26 heavy (non-hydrogen) atoms. The van der Waals surface area contributed by atoms with Crippen LogP contribution in [-0.2, 0) is 13.0 Å². The fraction of sp³-hybridized carbons (Fsp3) is 0.500. The van der Waals surface area contributed by atoms with Gasteiger partial charge in [-0.1, -0.05) is 29.8 Å². The lowest BCUT2D eigenvalue weighted by atomic mass is 10.1. The summed E-state index contributed by atoms with van der Waals surface area (Å²) in [6, 6.07) is 8.81. The molecule has 1 aromatic carbocycles. The minimum Gasteiger partial charge on any atom is -0.356 e. The van der Waals surface area contributed by atoms with E-state index in [4.69, 9.17) is 0 Å². The summed E-state index contributed by atoms with van der Waals surface area (Å²) in [4.78, 5) is 15.0. The minimum absolute atomic E-state index is 0.878. The second kappa shape index (κ2) is 9.14. The van der Waals surface area contributed by atoms with Gasteiger partial charge in [0.05, 0.1) is 5.01 Å². The van der Waals surface area contributed by atoms with E-state index >= 15 is 0 Å². The highest BCUT2D eigenvalue weighted by Crippen LogP contribution is 2.12. The highest BCUT2D eigenvalue weighted by molar-refractivity contribution is 7.11. The molecule has 3 rings (SSSR count). The van der Waals surface area contributed by atoms with E-state index in [9.17, 15) is 0 Å². The Hall–Kier alpha value is -1.92. The Kier molecular flexibility index (Phi) is 6.63. The van der Waals surface area contributed by atoms with Crippen molar-refractivity contribution in [3.8, 4) is 0 Å². The molecule has 6 heteroatoms. The topological polar surface area (TPSA) is 43.8 Å². The van der Waals surface area contributed by atoms with Crippen LogP contribution in [0.4, 0.5) is 0 Å². The molecule has 0 saturated carbocycles. The summed E-state index contributed by atoms with van der Waals surface area (Å²) in [6.07, 6.45) is 2.90. The van der Waals surface area contributed by atoms with E-state index in [0.29, 0.717) is 0 Å². The van der Waals surface area contributed by atoms with Gasteiger partial charge in [0, 0.05) is 63.8 Å². The highest BCUT2D eigenvalue weighted by atomic mass is 32.1. The average Bonchev–Trinajstić information content (AvgIpc) is 3.05. The zero-order valence-electron chi connectivity index (χ0n) is 16.0. The number of hydrogen-bond acceptors (Lipinski definition) is 4. The Balaban J connectivity index is 1.43. The van der Waals surface area contributed by atoms with Crippen molar-refractivity contribution in [3.63, 3.8) is 0 Å². The van der Waals surface area contributed by atoms with Crippen molar-refractivity contribution in [1.82, 2.24) is 20.1 Å². The first-order valence-electron chi connectivity index (χ1n) is 9.29. The van der Waals surface area contributed by atoms with Gasteiger partial charge in [0.2, 0.25) is 0 Å². The summed E-state index contributed by atoms with van der Waals surface area (Å²) in [5, 5.41) is 4.68. The smallest absolute Gasteiger partial charge is 0.193 e. The summed E-state index contributed by atoms with van der Waals surface area (Å²) in [7, 11) is 1.87. The Morgan fingerprint density at radius 2 is 2.04 bits per heavy atom. The molecule has 0 bridgehead atoms. The zero-order valence-corrected chi connectivity index (χ0v) is 16.9. The molecule has 1 aromatic heterocycles. The molecule has 5 nitrogen and oxygen atoms in total. The number of rotatable bonds is 5. The molecule has 2 heterocycles. The van der Waals surface area contributed by atoms with E-state index in [-0.39, 0.29) is 0 Å². The number of benzene rings is 1. The summed E-state index contributed by atoms with van der Waals surface area (Å²) in [6.45, 7) is 10.3. The van der Waals surface area contributed by atoms with E-state index < -0.39 is 0 Å². The second-order valence-corrected chi connectivity index (χ2v) is 8.16. The van der Waals surface area contributed by atoms with Crippen molar-refractivity contribution in [2.45, 2.75) is 26.8 Å². The molecule has 1 aliphatic heterocycles. The molecule has 0 amide bonds. The molecule has 0 aliphatic carbocycles. The summed E-state index contributed by atoms with van der Waals surface area (Å²) in [5.74, 6) is 1.01. The minimum atomic E-state index is 0.878. The molecular weight excluding hydrogens is 342 g/mol. The van der Waals surface area contributed by atoms with Gasteiger partial charge in [-0.25, -0.2) is 4.98 Å². The molecular formula is C20H29N5S. The van der Waals surface area contributed by atoms with E-state index in [1.165, 1.54) is 21.0 Å². The van der Waals surface area contributed by atoms with Gasteiger partial charge >= 0.3 is 0 Å². The van der Waals surface area contributed by atoms with Crippen LogP contribution in [0.5, 0.6) is 0 Å². The van der Waals surface area contributed by atoms with Gasteiger partial charge in [0.1, 0.15) is 0 Å². The zero-order chi connectivity index (χ0) is 18.4. The number of hydrogen-bond donors (Lipinski definition) is 1. The lowest BCUT2D eigenvalue weighted by Gasteiger charge is -2.36. The van der Waals surface area contributed by atoms with Crippen LogP contribution in [0, 0.1) is 13.8 Å². The molecule has 1 N–H and O–H groups in total. The van der Waals surface area contributed by atoms with Crippen LogP contribution >= 0.6 is 11.3 Å². The molecule has 1 saturated heterocycles. The van der Waals surface area contributed by atoms with Crippen molar-refractivity contribution in [2.24, 2.45) is 4.99 Å². The average molecular weight is 372 g/mol. The van der Waals surface area contributed by atoms with Crippen LogP contribution in [0.1, 0.15) is 21.0 Å². The maximum Gasteiger partial charge on any atom is 0.193 e. The standard InChI is InChI=1S/C20H29N5S/c1-16-5-4-6-18(13-16)15-24-9-11-25(12-10-24)20(21-3)22-8-7-19-23-14-17(2)26-19/h4-6,13-14H,7-12,15H2,1-3H3,(H,21,22). The Morgan fingerprint density at radius 3 is 2.69 bits per heavy atom. The number of nitrogens with one attached hydrogen (secondary N) is 1. The van der Waals surface area contributed by atoms with Gasteiger partial charge in [0.15, 0.2) is 5.96 Å². The van der Waals surface area contributed by atoms with Gasteiger partial charge in [-0.05, 0) is 19.4 Å². The fourth-order valence-corrected chi connectivity index (χ4v) is 4.10. The Morgan fingerprint density at radius 1 is 1.23 bits per heavy atom. The van der Waals surface area contributed by atoms with Crippen molar-refractivity contribution < 1.29 is 0 Å².